The van der Waals surface area contributed by atoms with Crippen molar-refractivity contribution in [3.8, 4) is 6.07 Å². The van der Waals surface area contributed by atoms with Gasteiger partial charge in [-0.15, -0.1) is 10.2 Å². The number of nitrogens with zero attached hydrogens (tertiary/aromatic N) is 6. The summed E-state index contributed by atoms with van der Waals surface area (Å²) in [5.41, 5.74) is 0.220. The summed E-state index contributed by atoms with van der Waals surface area (Å²) in [4.78, 5) is 16.8. The Morgan fingerprint density at radius 2 is 1.93 bits per heavy atom. The van der Waals surface area contributed by atoms with Gasteiger partial charge in [0.1, 0.15) is 12.2 Å². The fraction of sp³-hybridized carbons (Fsp3) is 0.484. The molecule has 1 aromatic heterocycles. The van der Waals surface area contributed by atoms with Crippen LogP contribution in [0.5, 0.6) is 0 Å². The lowest BCUT2D eigenvalue weighted by Crippen LogP contribution is -2.45. The van der Waals surface area contributed by atoms with Crippen LogP contribution in [0, 0.1) is 23.2 Å². The smallest absolute Gasteiger partial charge is 0.321 e. The number of aromatic nitrogens is 3. The van der Waals surface area contributed by atoms with Gasteiger partial charge in [0.05, 0.1) is 18.2 Å². The first kappa shape index (κ1) is 29.2. The number of piperidine rings is 1. The summed E-state index contributed by atoms with van der Waals surface area (Å²) < 4.78 is 72.7. The zero-order valence-corrected chi connectivity index (χ0v) is 23.8. The Morgan fingerprint density at radius 3 is 2.58 bits per heavy atom. The van der Waals surface area contributed by atoms with Crippen molar-refractivity contribution in [2.24, 2.45) is 18.9 Å². The first-order valence-corrected chi connectivity index (χ1v) is 14.3. The van der Waals surface area contributed by atoms with E-state index in [1.807, 2.05) is 23.7 Å². The van der Waals surface area contributed by atoms with E-state index in [4.69, 9.17) is 0 Å². The third-order valence-electron chi connectivity index (χ3n) is 9.36. The Balaban J connectivity index is 1.30. The highest BCUT2D eigenvalue weighted by Gasteiger charge is 2.47. The van der Waals surface area contributed by atoms with Crippen LogP contribution in [0.2, 0.25) is 0 Å². The lowest BCUT2D eigenvalue weighted by molar-refractivity contribution is -0.138. The van der Waals surface area contributed by atoms with Crippen molar-refractivity contribution >= 4 is 11.6 Å². The van der Waals surface area contributed by atoms with Gasteiger partial charge in [-0.3, -0.25) is 9.69 Å². The maximum absolute atomic E-state index is 14.3. The van der Waals surface area contributed by atoms with Crippen LogP contribution < -0.4 is 4.90 Å². The van der Waals surface area contributed by atoms with Crippen LogP contribution in [0.1, 0.15) is 64.6 Å². The molecule has 0 spiro atoms. The molecule has 1 aliphatic carbocycles. The second-order valence-corrected chi connectivity index (χ2v) is 12.3. The molecule has 226 valence electrons. The third kappa shape index (κ3) is 5.28. The van der Waals surface area contributed by atoms with Crippen molar-refractivity contribution in [3.05, 3.63) is 76.4 Å². The van der Waals surface area contributed by atoms with Crippen molar-refractivity contribution < 1.29 is 26.7 Å². The minimum absolute atomic E-state index is 0.0207. The number of anilines is 1. The molecule has 3 heterocycles. The van der Waals surface area contributed by atoms with Gasteiger partial charge in [-0.05, 0) is 53.8 Å². The molecule has 0 radical (unpaired) electrons. The van der Waals surface area contributed by atoms with Crippen molar-refractivity contribution in [1.82, 2.24) is 19.7 Å². The zero-order chi connectivity index (χ0) is 30.7. The molecule has 1 saturated heterocycles. The maximum atomic E-state index is 14.3. The van der Waals surface area contributed by atoms with Crippen LogP contribution in [0.3, 0.4) is 0 Å². The highest BCUT2D eigenvalue weighted by Crippen LogP contribution is 2.50. The summed E-state index contributed by atoms with van der Waals surface area (Å²) >= 11 is 0. The number of fused-ring (bicyclic) bond motifs is 1. The van der Waals surface area contributed by atoms with Crippen molar-refractivity contribution in [1.29, 1.82) is 5.26 Å². The minimum Gasteiger partial charge on any atom is -0.321 e. The summed E-state index contributed by atoms with van der Waals surface area (Å²) in [6.07, 6.45) is -1.73. The first-order valence-electron chi connectivity index (χ1n) is 14.3. The van der Waals surface area contributed by atoms with Gasteiger partial charge in [-0.25, -0.2) is 8.78 Å². The number of amides is 1. The van der Waals surface area contributed by atoms with Crippen LogP contribution in [0.15, 0.2) is 42.7 Å². The van der Waals surface area contributed by atoms with Crippen LogP contribution in [-0.4, -0.2) is 44.6 Å². The summed E-state index contributed by atoms with van der Waals surface area (Å²) in [6, 6.07) is 12.1. The molecule has 3 aliphatic rings. The second-order valence-electron chi connectivity index (χ2n) is 12.3. The highest BCUT2D eigenvalue weighted by molar-refractivity contribution is 6.10. The number of hydrogen-bond acceptors (Lipinski definition) is 5. The van der Waals surface area contributed by atoms with Gasteiger partial charge in [0.25, 0.3) is 11.8 Å². The molecule has 6 rings (SSSR count). The van der Waals surface area contributed by atoms with E-state index in [2.05, 4.69) is 16.3 Å². The number of hydrogen-bond donors (Lipinski definition) is 0. The maximum Gasteiger partial charge on any atom is 0.416 e. The predicted octanol–water partition coefficient (Wildman–Crippen LogP) is 5.89. The fourth-order valence-corrected chi connectivity index (χ4v) is 6.82. The standard InChI is InChI=1S/C31H31F5N6O/c1-19-15-41(7-6-30(19,32)33)16-20-8-24-25(26(9-20)31(34,35)36)17-42(28(24)43)23-5-3-4-22(10-23)29(11-21(12-29)14-37)13-27-39-38-18-40(27)2/h3-5,8-10,18-19,21H,6-7,11-13,15-17H2,1-2H3/t19-,21?,29?/m1/s1. The Hall–Kier alpha value is -3.85. The van der Waals surface area contributed by atoms with Gasteiger partial charge in [0.2, 0.25) is 0 Å². The Morgan fingerprint density at radius 1 is 1.16 bits per heavy atom. The summed E-state index contributed by atoms with van der Waals surface area (Å²) in [5.74, 6) is -3.64. The molecule has 0 unspecified atom stereocenters. The van der Waals surface area contributed by atoms with E-state index in [0.717, 1.165) is 17.5 Å². The first-order chi connectivity index (χ1) is 20.3. The number of carbonyl (C=O) groups is 1. The average Bonchev–Trinajstić information content (AvgIpc) is 3.49. The quantitative estimate of drug-likeness (QED) is 0.331. The lowest BCUT2D eigenvalue weighted by Gasteiger charge is -2.45. The van der Waals surface area contributed by atoms with Crippen LogP contribution in [0.25, 0.3) is 0 Å². The number of likely N-dealkylation sites (tertiary alicyclic amines) is 1. The molecule has 1 saturated carbocycles. The van der Waals surface area contributed by atoms with Gasteiger partial charge < -0.3 is 9.47 Å². The molecule has 12 heteroatoms. The molecular weight excluding hydrogens is 567 g/mol. The number of alkyl halides is 5. The monoisotopic (exact) mass is 598 g/mol. The largest absolute Gasteiger partial charge is 0.416 e. The van der Waals surface area contributed by atoms with Crippen LogP contribution in [0.4, 0.5) is 27.6 Å². The summed E-state index contributed by atoms with van der Waals surface area (Å²) in [5, 5.41) is 17.7. The molecular formula is C31H31F5N6O. The number of nitriles is 1. The lowest BCUT2D eigenvalue weighted by atomic mass is 9.57. The molecule has 2 aromatic carbocycles. The molecule has 0 N–H and O–H groups in total. The Bertz CT molecular complexity index is 1600. The summed E-state index contributed by atoms with van der Waals surface area (Å²) in [6.45, 7) is 1.36. The average molecular weight is 599 g/mol. The van der Waals surface area contributed by atoms with Crippen molar-refractivity contribution in [2.75, 3.05) is 18.0 Å². The van der Waals surface area contributed by atoms with E-state index in [9.17, 15) is 32.0 Å². The fourth-order valence-electron chi connectivity index (χ4n) is 6.82. The Labute approximate surface area is 245 Å². The number of halogens is 5. The zero-order valence-electron chi connectivity index (χ0n) is 23.8. The Kier molecular flexibility index (Phi) is 7.07. The van der Waals surface area contributed by atoms with Gasteiger partial charge in [0, 0.05) is 68.0 Å². The number of rotatable bonds is 6. The van der Waals surface area contributed by atoms with Crippen molar-refractivity contribution in [3.63, 3.8) is 0 Å². The predicted molar refractivity (Wildman–Crippen MR) is 147 cm³/mol. The van der Waals surface area contributed by atoms with Crippen LogP contribution >= 0.6 is 0 Å². The van der Waals surface area contributed by atoms with Crippen molar-refractivity contribution in [2.45, 2.75) is 63.2 Å². The van der Waals surface area contributed by atoms with E-state index in [0.29, 0.717) is 24.9 Å². The van der Waals surface area contributed by atoms with E-state index in [1.165, 1.54) is 17.9 Å². The molecule has 0 bridgehead atoms. The molecule has 43 heavy (non-hydrogen) atoms. The second kappa shape index (κ2) is 10.4. The molecule has 2 fully saturated rings. The van der Waals surface area contributed by atoms with E-state index in [-0.39, 0.29) is 55.2 Å². The van der Waals surface area contributed by atoms with Gasteiger partial charge in [0.15, 0.2) is 0 Å². The number of carbonyl (C=O) groups excluding carboxylic acids is 1. The normalized spacial score (nSPS) is 25.3. The van der Waals surface area contributed by atoms with E-state index >= 15 is 0 Å². The van der Waals surface area contributed by atoms with Gasteiger partial charge in [-0.1, -0.05) is 19.1 Å². The van der Waals surface area contributed by atoms with Gasteiger partial charge >= 0.3 is 6.18 Å². The molecule has 1 amide bonds. The molecule has 2 aliphatic heterocycles. The number of aryl methyl sites for hydroxylation is 1. The third-order valence-corrected chi connectivity index (χ3v) is 9.36. The summed E-state index contributed by atoms with van der Waals surface area (Å²) in [7, 11) is 1.84. The van der Waals surface area contributed by atoms with E-state index in [1.54, 1.807) is 23.4 Å². The molecule has 7 nitrogen and oxygen atoms in total. The topological polar surface area (TPSA) is 78.1 Å². The SMILES string of the molecule is C[C@@H]1CN(Cc2cc3c(c(C(F)(F)F)c2)CN(c2cccc(C4(Cc5nncn5C)CC(C#N)C4)c2)C3=O)CCC1(F)F. The minimum atomic E-state index is -4.70. The van der Waals surface area contributed by atoms with Crippen LogP contribution in [-0.2, 0) is 38.1 Å². The molecule has 1 atom stereocenters. The van der Waals surface area contributed by atoms with E-state index < -0.39 is 34.9 Å². The number of benzene rings is 2. The van der Waals surface area contributed by atoms with Gasteiger partial charge in [-0.2, -0.15) is 18.4 Å². The highest BCUT2D eigenvalue weighted by atomic mass is 19.4. The molecule has 3 aromatic rings.